The lowest BCUT2D eigenvalue weighted by molar-refractivity contribution is 0.0698. The third-order valence-electron chi connectivity index (χ3n) is 3.85. The molecule has 0 saturated heterocycles. The second-order valence-corrected chi connectivity index (χ2v) is 7.47. The standard InChI is InChI=1S/C19H12N2O3S2/c22-18(21-13-4-2-1-3-12(13)19(23)24)16-8-7-15(26-16)11-5-6-14-17(9-11)25-10-20-14/h1-10H,(H,21,22)(H,23,24). The van der Waals surface area contributed by atoms with Gasteiger partial charge in [-0.25, -0.2) is 9.78 Å². The first-order valence-corrected chi connectivity index (χ1v) is 9.38. The summed E-state index contributed by atoms with van der Waals surface area (Å²) in [5.41, 5.74) is 4.14. The van der Waals surface area contributed by atoms with Gasteiger partial charge in [0.2, 0.25) is 0 Å². The zero-order chi connectivity index (χ0) is 18.1. The molecule has 0 aliphatic heterocycles. The molecule has 0 aliphatic carbocycles. The summed E-state index contributed by atoms with van der Waals surface area (Å²) in [5.74, 6) is -1.40. The molecule has 0 saturated carbocycles. The second kappa shape index (κ2) is 6.70. The van der Waals surface area contributed by atoms with E-state index in [-0.39, 0.29) is 17.2 Å². The van der Waals surface area contributed by atoms with Crippen molar-refractivity contribution in [3.63, 3.8) is 0 Å². The molecule has 2 heterocycles. The molecule has 0 spiro atoms. The Balaban J connectivity index is 1.59. The van der Waals surface area contributed by atoms with E-state index in [2.05, 4.69) is 16.4 Å². The van der Waals surface area contributed by atoms with E-state index in [1.165, 1.54) is 17.4 Å². The number of para-hydroxylation sites is 1. The van der Waals surface area contributed by atoms with Crippen LogP contribution in [0.1, 0.15) is 20.0 Å². The number of carboxylic acids is 1. The Kier molecular flexibility index (Phi) is 4.24. The number of carbonyl (C=O) groups is 2. The Bertz CT molecular complexity index is 1130. The van der Waals surface area contributed by atoms with Crippen LogP contribution in [0.15, 0.2) is 60.1 Å². The normalized spacial score (nSPS) is 10.8. The van der Waals surface area contributed by atoms with E-state index in [0.717, 1.165) is 20.7 Å². The molecule has 26 heavy (non-hydrogen) atoms. The smallest absolute Gasteiger partial charge is 0.337 e. The van der Waals surface area contributed by atoms with Crippen LogP contribution in [0.5, 0.6) is 0 Å². The van der Waals surface area contributed by atoms with E-state index in [9.17, 15) is 14.7 Å². The summed E-state index contributed by atoms with van der Waals surface area (Å²) in [5, 5.41) is 11.9. The zero-order valence-corrected chi connectivity index (χ0v) is 14.9. The number of carboxylic acid groups (broad SMARTS) is 1. The predicted molar refractivity (Wildman–Crippen MR) is 104 cm³/mol. The van der Waals surface area contributed by atoms with Gasteiger partial charge in [0.05, 0.1) is 31.9 Å². The Morgan fingerprint density at radius 1 is 1.04 bits per heavy atom. The van der Waals surface area contributed by atoms with E-state index < -0.39 is 5.97 Å². The molecule has 2 aromatic carbocycles. The maximum atomic E-state index is 12.5. The number of aromatic nitrogens is 1. The highest BCUT2D eigenvalue weighted by Crippen LogP contribution is 2.32. The zero-order valence-electron chi connectivity index (χ0n) is 13.3. The number of rotatable bonds is 4. The molecular formula is C19H12N2O3S2. The Morgan fingerprint density at radius 2 is 1.88 bits per heavy atom. The predicted octanol–water partition coefficient (Wildman–Crippen LogP) is 4.98. The number of thiophene rings is 1. The van der Waals surface area contributed by atoms with Crippen molar-refractivity contribution in [2.24, 2.45) is 0 Å². The summed E-state index contributed by atoms with van der Waals surface area (Å²) in [4.78, 5) is 29.5. The molecule has 4 aromatic rings. The molecule has 1 amide bonds. The molecule has 0 radical (unpaired) electrons. The average molecular weight is 380 g/mol. The number of anilines is 1. The lowest BCUT2D eigenvalue weighted by atomic mass is 10.1. The number of carbonyl (C=O) groups excluding carboxylic acids is 1. The van der Waals surface area contributed by atoms with Crippen molar-refractivity contribution in [2.75, 3.05) is 5.32 Å². The first kappa shape index (κ1) is 16.4. The summed E-state index contributed by atoms with van der Waals surface area (Å²) < 4.78 is 1.09. The van der Waals surface area contributed by atoms with Gasteiger partial charge in [-0.15, -0.1) is 22.7 Å². The van der Waals surface area contributed by atoms with Gasteiger partial charge in [0.25, 0.3) is 5.91 Å². The third-order valence-corrected chi connectivity index (χ3v) is 5.78. The van der Waals surface area contributed by atoms with Crippen LogP contribution in [0.25, 0.3) is 20.7 Å². The van der Waals surface area contributed by atoms with Gasteiger partial charge in [0.15, 0.2) is 0 Å². The van der Waals surface area contributed by atoms with Crippen LogP contribution in [-0.2, 0) is 0 Å². The lowest BCUT2D eigenvalue weighted by Gasteiger charge is -2.06. The van der Waals surface area contributed by atoms with E-state index in [4.69, 9.17) is 0 Å². The van der Waals surface area contributed by atoms with Gasteiger partial charge in [-0.3, -0.25) is 4.79 Å². The maximum Gasteiger partial charge on any atom is 0.337 e. The van der Waals surface area contributed by atoms with Crippen molar-refractivity contribution in [1.82, 2.24) is 4.98 Å². The number of thiazole rings is 1. The minimum Gasteiger partial charge on any atom is -0.478 e. The fourth-order valence-corrected chi connectivity index (χ4v) is 4.20. The lowest BCUT2D eigenvalue weighted by Crippen LogP contribution is -2.13. The van der Waals surface area contributed by atoms with E-state index in [1.807, 2.05) is 23.7 Å². The number of hydrogen-bond donors (Lipinski definition) is 2. The van der Waals surface area contributed by atoms with E-state index in [0.29, 0.717) is 4.88 Å². The van der Waals surface area contributed by atoms with Crippen molar-refractivity contribution < 1.29 is 14.7 Å². The second-order valence-electron chi connectivity index (χ2n) is 5.50. The van der Waals surface area contributed by atoms with E-state index in [1.54, 1.807) is 35.6 Å². The molecule has 0 atom stereocenters. The van der Waals surface area contributed by atoms with Gasteiger partial charge in [-0.05, 0) is 42.0 Å². The van der Waals surface area contributed by atoms with Crippen LogP contribution in [0, 0.1) is 0 Å². The summed E-state index contributed by atoms with van der Waals surface area (Å²) in [6.45, 7) is 0. The Morgan fingerprint density at radius 3 is 2.73 bits per heavy atom. The number of nitrogens with zero attached hydrogens (tertiary/aromatic N) is 1. The quantitative estimate of drug-likeness (QED) is 0.524. The maximum absolute atomic E-state index is 12.5. The van der Waals surface area contributed by atoms with Crippen molar-refractivity contribution in [3.8, 4) is 10.4 Å². The third kappa shape index (κ3) is 3.10. The van der Waals surface area contributed by atoms with Crippen LogP contribution >= 0.6 is 22.7 Å². The molecule has 128 valence electrons. The first-order valence-electron chi connectivity index (χ1n) is 7.69. The van der Waals surface area contributed by atoms with Gasteiger partial charge in [0, 0.05) is 4.88 Å². The van der Waals surface area contributed by atoms with Gasteiger partial charge >= 0.3 is 5.97 Å². The number of amides is 1. The van der Waals surface area contributed by atoms with Gasteiger partial charge in [0.1, 0.15) is 0 Å². The number of aromatic carboxylic acids is 1. The van der Waals surface area contributed by atoms with E-state index >= 15 is 0 Å². The molecule has 0 bridgehead atoms. The highest BCUT2D eigenvalue weighted by Gasteiger charge is 2.15. The van der Waals surface area contributed by atoms with Crippen LogP contribution in [0.2, 0.25) is 0 Å². The molecule has 4 rings (SSSR count). The largest absolute Gasteiger partial charge is 0.478 e. The number of nitrogens with one attached hydrogen (secondary N) is 1. The molecule has 2 N–H and O–H groups in total. The fourth-order valence-electron chi connectivity index (χ4n) is 2.59. The van der Waals surface area contributed by atoms with Crippen molar-refractivity contribution >= 4 is 50.5 Å². The average Bonchev–Trinajstić information content (AvgIpc) is 3.30. The fraction of sp³-hybridized carbons (Fsp3) is 0. The summed E-state index contributed by atoms with van der Waals surface area (Å²) in [6.07, 6.45) is 0. The van der Waals surface area contributed by atoms with Gasteiger partial charge in [-0.2, -0.15) is 0 Å². The Hall–Kier alpha value is -3.03. The van der Waals surface area contributed by atoms with Gasteiger partial charge < -0.3 is 10.4 Å². The summed E-state index contributed by atoms with van der Waals surface area (Å²) >= 11 is 2.94. The van der Waals surface area contributed by atoms with Crippen LogP contribution in [0.4, 0.5) is 5.69 Å². The molecule has 7 heteroatoms. The minimum absolute atomic E-state index is 0.0632. The highest BCUT2D eigenvalue weighted by molar-refractivity contribution is 7.18. The SMILES string of the molecule is O=C(Nc1ccccc1C(=O)O)c1ccc(-c2ccc3ncsc3c2)s1. The summed E-state index contributed by atoms with van der Waals surface area (Å²) in [6, 6.07) is 16.0. The monoisotopic (exact) mass is 380 g/mol. The topological polar surface area (TPSA) is 79.3 Å². The van der Waals surface area contributed by atoms with Crippen molar-refractivity contribution in [2.45, 2.75) is 0 Å². The number of benzene rings is 2. The first-order chi connectivity index (χ1) is 12.6. The highest BCUT2D eigenvalue weighted by atomic mass is 32.1. The molecular weight excluding hydrogens is 368 g/mol. The van der Waals surface area contributed by atoms with Crippen LogP contribution in [-0.4, -0.2) is 22.0 Å². The number of fused-ring (bicyclic) bond motifs is 1. The van der Waals surface area contributed by atoms with Crippen molar-refractivity contribution in [3.05, 3.63) is 70.5 Å². The van der Waals surface area contributed by atoms with Crippen LogP contribution in [0.3, 0.4) is 0 Å². The number of hydrogen-bond acceptors (Lipinski definition) is 5. The Labute approximate surface area is 156 Å². The van der Waals surface area contributed by atoms with Gasteiger partial charge in [-0.1, -0.05) is 18.2 Å². The van der Waals surface area contributed by atoms with Crippen molar-refractivity contribution in [1.29, 1.82) is 0 Å². The molecule has 0 aliphatic rings. The molecule has 5 nitrogen and oxygen atoms in total. The molecule has 2 aromatic heterocycles. The van der Waals surface area contributed by atoms with Crippen LogP contribution < -0.4 is 5.32 Å². The summed E-state index contributed by atoms with van der Waals surface area (Å²) in [7, 11) is 0. The molecule has 0 unspecified atom stereocenters. The molecule has 0 fully saturated rings. The minimum atomic E-state index is -1.08.